The number of fused-ring (bicyclic) bond motifs is 11. The lowest BCUT2D eigenvalue weighted by atomic mass is 10.00. The van der Waals surface area contributed by atoms with Gasteiger partial charge in [0.05, 0.1) is 33.3 Å². The fraction of sp³-hybridized carbons (Fsp3) is 0. The van der Waals surface area contributed by atoms with Crippen molar-refractivity contribution in [3.8, 4) is 34.0 Å². The summed E-state index contributed by atoms with van der Waals surface area (Å²) in [7, 11) is 0. The molecule has 9 aromatic carbocycles. The smallest absolute Gasteiger partial charge is 0.161 e. The first-order valence-electron chi connectivity index (χ1n) is 20.0. The van der Waals surface area contributed by atoms with Gasteiger partial charge in [-0.3, -0.25) is 0 Å². The Kier molecular flexibility index (Phi) is 6.85. The molecule has 4 nitrogen and oxygen atoms in total. The molecule has 4 heterocycles. The van der Waals surface area contributed by atoms with Crippen LogP contribution in [0.2, 0.25) is 0 Å². The van der Waals surface area contributed by atoms with Crippen LogP contribution in [0, 0.1) is 0 Å². The average Bonchev–Trinajstić information content (AvgIpc) is 3.95. The Bertz CT molecular complexity index is 3850. The van der Waals surface area contributed by atoms with Gasteiger partial charge < -0.3 is 9.13 Å². The van der Waals surface area contributed by atoms with E-state index in [9.17, 15) is 0 Å². The van der Waals surface area contributed by atoms with Gasteiger partial charge in [0.2, 0.25) is 0 Å². The van der Waals surface area contributed by atoms with Crippen molar-refractivity contribution >= 4 is 96.8 Å². The molecule has 274 valence electrons. The Morgan fingerprint density at radius 2 is 1.02 bits per heavy atom. The monoisotopic (exact) mass is 768 g/mol. The molecule has 0 N–H and O–H groups in total. The van der Waals surface area contributed by atoms with Gasteiger partial charge >= 0.3 is 0 Å². The van der Waals surface area contributed by atoms with Crippen molar-refractivity contribution in [3.05, 3.63) is 194 Å². The highest BCUT2D eigenvalue weighted by Gasteiger charge is 2.20. The topological polar surface area (TPSA) is 35.6 Å². The van der Waals surface area contributed by atoms with Crippen molar-refractivity contribution in [2.75, 3.05) is 0 Å². The van der Waals surface area contributed by atoms with Gasteiger partial charge in [0.15, 0.2) is 5.82 Å². The second kappa shape index (κ2) is 12.4. The molecular formula is C54H32N4S. The summed E-state index contributed by atoms with van der Waals surface area (Å²) in [5, 5.41) is 10.8. The van der Waals surface area contributed by atoms with E-state index in [1.807, 2.05) is 11.3 Å². The van der Waals surface area contributed by atoms with E-state index >= 15 is 0 Å². The zero-order valence-electron chi connectivity index (χ0n) is 31.7. The zero-order valence-corrected chi connectivity index (χ0v) is 32.5. The van der Waals surface area contributed by atoms with E-state index in [1.54, 1.807) is 0 Å². The maximum Gasteiger partial charge on any atom is 0.161 e. The van der Waals surface area contributed by atoms with Gasteiger partial charge in [0.1, 0.15) is 0 Å². The number of nitrogens with zero attached hydrogens (tertiary/aromatic N) is 4. The highest BCUT2D eigenvalue weighted by atomic mass is 32.1. The van der Waals surface area contributed by atoms with Crippen LogP contribution in [0.4, 0.5) is 0 Å². The number of rotatable bonds is 4. The van der Waals surface area contributed by atoms with Crippen molar-refractivity contribution < 1.29 is 0 Å². The Labute approximate surface area is 342 Å². The normalized spacial score (nSPS) is 12.1. The van der Waals surface area contributed by atoms with Crippen LogP contribution in [0.5, 0.6) is 0 Å². The minimum absolute atomic E-state index is 0.718. The summed E-state index contributed by atoms with van der Waals surface area (Å²) in [4.78, 5) is 10.7. The van der Waals surface area contributed by atoms with Gasteiger partial charge in [-0.1, -0.05) is 121 Å². The van der Waals surface area contributed by atoms with Crippen LogP contribution >= 0.6 is 11.3 Å². The van der Waals surface area contributed by atoms with Crippen LogP contribution in [0.3, 0.4) is 0 Å². The molecule has 13 aromatic rings. The standard InChI is InChI=1S/C54H32N4S/c1-2-14-35(15-3-1)57-47-22-9-5-16-37(47)39-27-26-36(31-49(39)57)58-48-23-10-6-17-38(48)44-29-33-13-12-20-41(43(33)32-50(44)58)54-55-46-21-8-4-19-42(46)53(56-54)34-25-28-52-45(30-34)40-18-7-11-24-51(40)59-52/h1-32H. The maximum absolute atomic E-state index is 5.44. The van der Waals surface area contributed by atoms with E-state index in [2.05, 4.69) is 203 Å². The molecule has 0 atom stereocenters. The Morgan fingerprint density at radius 3 is 1.86 bits per heavy atom. The quantitative estimate of drug-likeness (QED) is 0.179. The molecule has 0 aliphatic heterocycles. The van der Waals surface area contributed by atoms with Crippen molar-refractivity contribution in [1.29, 1.82) is 0 Å². The first-order valence-corrected chi connectivity index (χ1v) is 20.8. The van der Waals surface area contributed by atoms with E-state index < -0.39 is 0 Å². The van der Waals surface area contributed by atoms with Crippen LogP contribution in [0.25, 0.3) is 119 Å². The first kappa shape index (κ1) is 32.5. The molecule has 0 spiro atoms. The molecule has 0 radical (unpaired) electrons. The van der Waals surface area contributed by atoms with Gasteiger partial charge in [-0.2, -0.15) is 0 Å². The molecule has 0 amide bonds. The second-order valence-electron chi connectivity index (χ2n) is 15.4. The van der Waals surface area contributed by atoms with E-state index in [4.69, 9.17) is 9.97 Å². The van der Waals surface area contributed by atoms with Gasteiger partial charge in [0.25, 0.3) is 0 Å². The summed E-state index contributed by atoms with van der Waals surface area (Å²) in [5.41, 5.74) is 10.9. The fourth-order valence-corrected chi connectivity index (χ4v) is 10.5. The lowest BCUT2D eigenvalue weighted by Crippen LogP contribution is -1.97. The molecule has 13 rings (SSSR count). The summed E-state index contributed by atoms with van der Waals surface area (Å²) in [5.74, 6) is 0.718. The van der Waals surface area contributed by atoms with Gasteiger partial charge in [-0.15, -0.1) is 11.3 Å². The summed E-state index contributed by atoms with van der Waals surface area (Å²) in [6, 6.07) is 70.2. The van der Waals surface area contributed by atoms with E-state index in [0.717, 1.165) is 61.2 Å². The lowest BCUT2D eigenvalue weighted by molar-refractivity contribution is 1.16. The molecule has 0 fully saturated rings. The second-order valence-corrected chi connectivity index (χ2v) is 16.4. The molecule has 0 saturated heterocycles. The Hall–Kier alpha value is -7.60. The van der Waals surface area contributed by atoms with Crippen LogP contribution in [0.15, 0.2) is 194 Å². The van der Waals surface area contributed by atoms with Crippen LogP contribution in [-0.4, -0.2) is 19.1 Å². The largest absolute Gasteiger partial charge is 0.309 e. The third kappa shape index (κ3) is 4.83. The molecule has 5 heteroatoms. The molecule has 0 bridgehead atoms. The Balaban J connectivity index is 1.05. The SMILES string of the molecule is c1ccc(-n2c3ccccc3c3ccc(-n4c5ccccc5c5cc6cccc(-c7nc(-c8ccc9sc%10ccccc%10c9c8)c8ccccc8n7)c6cc54)cc32)cc1. The molecule has 59 heavy (non-hydrogen) atoms. The molecule has 0 unspecified atom stereocenters. The molecule has 0 saturated carbocycles. The highest BCUT2D eigenvalue weighted by molar-refractivity contribution is 7.25. The molecular weight excluding hydrogens is 737 g/mol. The van der Waals surface area contributed by atoms with E-state index in [0.29, 0.717) is 0 Å². The van der Waals surface area contributed by atoms with Gasteiger partial charge in [-0.05, 0) is 83.6 Å². The lowest BCUT2D eigenvalue weighted by Gasteiger charge is -2.13. The molecule has 4 aromatic heterocycles. The number of hydrogen-bond donors (Lipinski definition) is 0. The van der Waals surface area contributed by atoms with Crippen molar-refractivity contribution in [2.24, 2.45) is 0 Å². The van der Waals surface area contributed by atoms with Crippen LogP contribution < -0.4 is 0 Å². The van der Waals surface area contributed by atoms with Crippen molar-refractivity contribution in [3.63, 3.8) is 0 Å². The summed E-state index contributed by atoms with van der Waals surface area (Å²) in [6.07, 6.45) is 0. The molecule has 0 aliphatic carbocycles. The predicted octanol–water partition coefficient (Wildman–Crippen LogP) is 14.7. The molecule has 0 aliphatic rings. The third-order valence-electron chi connectivity index (χ3n) is 12.1. The maximum atomic E-state index is 5.44. The van der Waals surface area contributed by atoms with Crippen molar-refractivity contribution in [1.82, 2.24) is 19.1 Å². The minimum atomic E-state index is 0.718. The van der Waals surface area contributed by atoms with Gasteiger partial charge in [-0.25, -0.2) is 9.97 Å². The zero-order chi connectivity index (χ0) is 38.6. The van der Waals surface area contributed by atoms with E-state index in [1.165, 1.54) is 58.3 Å². The number of thiophene rings is 1. The van der Waals surface area contributed by atoms with Crippen LogP contribution in [-0.2, 0) is 0 Å². The van der Waals surface area contributed by atoms with Gasteiger partial charge in [0, 0.05) is 69.6 Å². The highest BCUT2D eigenvalue weighted by Crippen LogP contribution is 2.41. The van der Waals surface area contributed by atoms with Crippen LogP contribution in [0.1, 0.15) is 0 Å². The summed E-state index contributed by atoms with van der Waals surface area (Å²) in [6.45, 7) is 0. The number of para-hydroxylation sites is 4. The number of benzene rings is 9. The van der Waals surface area contributed by atoms with E-state index in [-0.39, 0.29) is 0 Å². The summed E-state index contributed by atoms with van der Waals surface area (Å²) >= 11 is 1.84. The number of hydrogen-bond acceptors (Lipinski definition) is 3. The fourth-order valence-electron chi connectivity index (χ4n) is 9.46. The predicted molar refractivity (Wildman–Crippen MR) is 249 cm³/mol. The third-order valence-corrected chi connectivity index (χ3v) is 13.2. The number of aromatic nitrogens is 4. The first-order chi connectivity index (χ1) is 29.2. The summed E-state index contributed by atoms with van der Waals surface area (Å²) < 4.78 is 7.40. The Morgan fingerprint density at radius 1 is 0.356 bits per heavy atom. The van der Waals surface area contributed by atoms with Crippen molar-refractivity contribution in [2.45, 2.75) is 0 Å². The average molecular weight is 769 g/mol. The minimum Gasteiger partial charge on any atom is -0.309 e.